The summed E-state index contributed by atoms with van der Waals surface area (Å²) in [6.07, 6.45) is 6.56. The standard InChI is InChI=1S/C21H20N4S/c22-19(15-5-2-1-3-6-15)7-4-8-20-24-25-21(26-20)17-9-10-18-14-23-12-11-16(18)13-17/h1-3,5-6,9-14,19H,4,7-8,22H2. The van der Waals surface area contributed by atoms with Crippen molar-refractivity contribution in [1.82, 2.24) is 15.2 Å². The highest BCUT2D eigenvalue weighted by Crippen LogP contribution is 2.27. The molecule has 130 valence electrons. The molecule has 5 heteroatoms. The van der Waals surface area contributed by atoms with Crippen LogP contribution in [0.1, 0.15) is 29.5 Å². The van der Waals surface area contributed by atoms with E-state index in [1.807, 2.05) is 36.7 Å². The first-order chi connectivity index (χ1) is 12.8. The minimum Gasteiger partial charge on any atom is -0.324 e. The van der Waals surface area contributed by atoms with Crippen LogP contribution in [-0.4, -0.2) is 15.2 Å². The second-order valence-electron chi connectivity index (χ2n) is 6.35. The molecular weight excluding hydrogens is 340 g/mol. The van der Waals surface area contributed by atoms with Crippen molar-refractivity contribution < 1.29 is 0 Å². The highest BCUT2D eigenvalue weighted by molar-refractivity contribution is 7.14. The first kappa shape index (κ1) is 16.8. The maximum atomic E-state index is 6.27. The minimum absolute atomic E-state index is 0.0812. The van der Waals surface area contributed by atoms with E-state index in [0.29, 0.717) is 0 Å². The molecule has 0 fully saturated rings. The summed E-state index contributed by atoms with van der Waals surface area (Å²) in [7, 11) is 0. The normalized spacial score (nSPS) is 12.3. The lowest BCUT2D eigenvalue weighted by atomic mass is 10.0. The predicted octanol–water partition coefficient (Wildman–Crippen LogP) is 4.78. The Morgan fingerprint density at radius 3 is 2.73 bits per heavy atom. The molecular formula is C21H20N4S. The number of aryl methyl sites for hydroxylation is 1. The van der Waals surface area contributed by atoms with Crippen molar-refractivity contribution in [2.24, 2.45) is 5.73 Å². The average Bonchev–Trinajstić information content (AvgIpc) is 3.17. The highest BCUT2D eigenvalue weighted by atomic mass is 32.1. The van der Waals surface area contributed by atoms with Gasteiger partial charge in [-0.3, -0.25) is 4.98 Å². The molecule has 1 atom stereocenters. The number of aromatic nitrogens is 3. The van der Waals surface area contributed by atoms with Crippen LogP contribution in [0.2, 0.25) is 0 Å². The molecule has 0 saturated carbocycles. The van der Waals surface area contributed by atoms with E-state index in [4.69, 9.17) is 5.73 Å². The molecule has 26 heavy (non-hydrogen) atoms. The van der Waals surface area contributed by atoms with Gasteiger partial charge in [-0.25, -0.2) is 0 Å². The fourth-order valence-corrected chi connectivity index (χ4v) is 3.91. The molecule has 0 radical (unpaired) electrons. The smallest absolute Gasteiger partial charge is 0.147 e. The fraction of sp³-hybridized carbons (Fsp3) is 0.190. The van der Waals surface area contributed by atoms with Crippen LogP contribution in [0.3, 0.4) is 0 Å². The largest absolute Gasteiger partial charge is 0.324 e. The van der Waals surface area contributed by atoms with Gasteiger partial charge in [0.25, 0.3) is 0 Å². The number of nitrogens with two attached hydrogens (primary N) is 1. The van der Waals surface area contributed by atoms with E-state index in [1.165, 1.54) is 10.9 Å². The first-order valence-corrected chi connectivity index (χ1v) is 9.58. The Bertz CT molecular complexity index is 997. The van der Waals surface area contributed by atoms with Gasteiger partial charge in [0, 0.05) is 35.8 Å². The van der Waals surface area contributed by atoms with Gasteiger partial charge >= 0.3 is 0 Å². The van der Waals surface area contributed by atoms with E-state index in [0.717, 1.165) is 40.2 Å². The Kier molecular flexibility index (Phi) is 5.00. The summed E-state index contributed by atoms with van der Waals surface area (Å²) >= 11 is 1.66. The number of hydrogen-bond acceptors (Lipinski definition) is 5. The Morgan fingerprint density at radius 2 is 1.85 bits per heavy atom. The Hall–Kier alpha value is -2.63. The summed E-state index contributed by atoms with van der Waals surface area (Å²) in [6, 6.07) is 18.7. The van der Waals surface area contributed by atoms with Crippen LogP contribution in [0.4, 0.5) is 0 Å². The van der Waals surface area contributed by atoms with Crippen molar-refractivity contribution in [1.29, 1.82) is 0 Å². The van der Waals surface area contributed by atoms with Crippen molar-refractivity contribution in [3.05, 3.63) is 77.6 Å². The summed E-state index contributed by atoms with van der Waals surface area (Å²) in [4.78, 5) is 4.15. The number of pyridine rings is 1. The van der Waals surface area contributed by atoms with Crippen LogP contribution >= 0.6 is 11.3 Å². The van der Waals surface area contributed by atoms with E-state index in [9.17, 15) is 0 Å². The summed E-state index contributed by atoms with van der Waals surface area (Å²) in [5, 5.41) is 13.1. The first-order valence-electron chi connectivity index (χ1n) is 8.77. The maximum Gasteiger partial charge on any atom is 0.147 e. The molecule has 2 aromatic heterocycles. The van der Waals surface area contributed by atoms with Crippen molar-refractivity contribution in [2.45, 2.75) is 25.3 Å². The topological polar surface area (TPSA) is 64.7 Å². The second kappa shape index (κ2) is 7.72. The highest BCUT2D eigenvalue weighted by Gasteiger charge is 2.09. The molecule has 1 unspecified atom stereocenters. The van der Waals surface area contributed by atoms with Crippen LogP contribution < -0.4 is 5.73 Å². The van der Waals surface area contributed by atoms with Gasteiger partial charge in [-0.05, 0) is 35.9 Å². The summed E-state index contributed by atoms with van der Waals surface area (Å²) in [5.74, 6) is 0. The average molecular weight is 360 g/mol. The van der Waals surface area contributed by atoms with Crippen LogP contribution in [0.5, 0.6) is 0 Å². The number of nitrogens with zero attached hydrogens (tertiary/aromatic N) is 3. The molecule has 0 amide bonds. The SMILES string of the molecule is NC(CCCc1nnc(-c2ccc3cnccc3c2)s1)c1ccccc1. The zero-order chi connectivity index (χ0) is 17.8. The van der Waals surface area contributed by atoms with Gasteiger partial charge in [-0.15, -0.1) is 10.2 Å². The van der Waals surface area contributed by atoms with Gasteiger partial charge in [0.05, 0.1) is 0 Å². The lowest BCUT2D eigenvalue weighted by Gasteiger charge is -2.10. The fourth-order valence-electron chi connectivity index (χ4n) is 3.03. The number of hydrogen-bond donors (Lipinski definition) is 1. The molecule has 0 bridgehead atoms. The van der Waals surface area contributed by atoms with Crippen LogP contribution in [0.25, 0.3) is 21.3 Å². The molecule has 2 heterocycles. The second-order valence-corrected chi connectivity index (χ2v) is 7.41. The third-order valence-corrected chi connectivity index (χ3v) is 5.52. The van der Waals surface area contributed by atoms with E-state index < -0.39 is 0 Å². The molecule has 0 aliphatic heterocycles. The molecule has 0 spiro atoms. The van der Waals surface area contributed by atoms with E-state index in [2.05, 4.69) is 45.5 Å². The predicted molar refractivity (Wildman–Crippen MR) is 107 cm³/mol. The summed E-state index contributed by atoms with van der Waals surface area (Å²) in [5.41, 5.74) is 8.57. The zero-order valence-electron chi connectivity index (χ0n) is 14.4. The lowest BCUT2D eigenvalue weighted by Crippen LogP contribution is -2.10. The molecule has 2 aromatic carbocycles. The van der Waals surface area contributed by atoms with Crippen molar-refractivity contribution >= 4 is 22.1 Å². The van der Waals surface area contributed by atoms with E-state index in [-0.39, 0.29) is 6.04 Å². The Morgan fingerprint density at radius 1 is 0.962 bits per heavy atom. The molecule has 0 aliphatic rings. The third kappa shape index (κ3) is 3.79. The number of fused-ring (bicyclic) bond motifs is 1. The van der Waals surface area contributed by atoms with Gasteiger partial charge < -0.3 is 5.73 Å². The lowest BCUT2D eigenvalue weighted by molar-refractivity contribution is 0.609. The number of benzene rings is 2. The quantitative estimate of drug-likeness (QED) is 0.537. The Balaban J connectivity index is 1.39. The molecule has 4 nitrogen and oxygen atoms in total. The van der Waals surface area contributed by atoms with Crippen molar-refractivity contribution in [3.8, 4) is 10.6 Å². The zero-order valence-corrected chi connectivity index (χ0v) is 15.2. The Labute approximate surface area is 156 Å². The summed E-state index contributed by atoms with van der Waals surface area (Å²) in [6.45, 7) is 0. The van der Waals surface area contributed by atoms with Gasteiger partial charge in [0.2, 0.25) is 0 Å². The van der Waals surface area contributed by atoms with Crippen molar-refractivity contribution in [2.75, 3.05) is 0 Å². The summed E-state index contributed by atoms with van der Waals surface area (Å²) < 4.78 is 0. The van der Waals surface area contributed by atoms with Gasteiger partial charge in [0.1, 0.15) is 10.0 Å². The van der Waals surface area contributed by atoms with Gasteiger partial charge in [-0.1, -0.05) is 53.8 Å². The van der Waals surface area contributed by atoms with Crippen LogP contribution in [0, 0.1) is 0 Å². The van der Waals surface area contributed by atoms with Crippen LogP contribution in [0.15, 0.2) is 67.0 Å². The molecule has 0 aliphatic carbocycles. The minimum atomic E-state index is 0.0812. The van der Waals surface area contributed by atoms with E-state index in [1.54, 1.807) is 11.3 Å². The third-order valence-electron chi connectivity index (χ3n) is 4.49. The maximum absolute atomic E-state index is 6.27. The molecule has 0 saturated heterocycles. The molecule has 4 aromatic rings. The monoisotopic (exact) mass is 360 g/mol. The molecule has 2 N–H and O–H groups in total. The molecule has 4 rings (SSSR count). The van der Waals surface area contributed by atoms with Crippen LogP contribution in [-0.2, 0) is 6.42 Å². The van der Waals surface area contributed by atoms with Gasteiger partial charge in [0.15, 0.2) is 0 Å². The van der Waals surface area contributed by atoms with Gasteiger partial charge in [-0.2, -0.15) is 0 Å². The van der Waals surface area contributed by atoms with E-state index >= 15 is 0 Å². The van der Waals surface area contributed by atoms with Crippen molar-refractivity contribution in [3.63, 3.8) is 0 Å². The number of rotatable bonds is 6.